The van der Waals surface area contributed by atoms with E-state index in [2.05, 4.69) is 5.32 Å². The number of halogens is 1. The Morgan fingerprint density at radius 2 is 1.66 bits per heavy atom. The highest BCUT2D eigenvalue weighted by atomic mass is 32.2. The molecule has 2 heterocycles. The van der Waals surface area contributed by atoms with Crippen molar-refractivity contribution in [2.45, 2.75) is 20.8 Å². The van der Waals surface area contributed by atoms with Crippen molar-refractivity contribution < 1.29 is 14.0 Å². The maximum Gasteiger partial charge on any atom is 0.257 e. The molecule has 166 valence electrons. The number of hydrogen-bond acceptors (Lipinski definition) is 3. The predicted octanol–water partition coefficient (Wildman–Crippen LogP) is 4.98. The van der Waals surface area contributed by atoms with Gasteiger partial charge in [0.2, 0.25) is 0 Å². The largest absolute Gasteiger partial charge is 0.337 e. The summed E-state index contributed by atoms with van der Waals surface area (Å²) in [5.41, 5.74) is 5.17. The lowest BCUT2D eigenvalue weighted by molar-refractivity contribution is 0.0772. The van der Waals surface area contributed by atoms with E-state index < -0.39 is 0 Å². The zero-order valence-corrected chi connectivity index (χ0v) is 19.3. The number of aromatic nitrogens is 1. The molecular weight excluding hydrogens is 425 g/mol. The monoisotopic (exact) mass is 451 g/mol. The van der Waals surface area contributed by atoms with Crippen LogP contribution in [-0.4, -0.2) is 45.9 Å². The lowest BCUT2D eigenvalue weighted by Gasteiger charge is -2.26. The van der Waals surface area contributed by atoms with E-state index in [0.29, 0.717) is 16.8 Å². The van der Waals surface area contributed by atoms with Gasteiger partial charge in [-0.3, -0.25) is 9.59 Å². The zero-order chi connectivity index (χ0) is 22.8. The van der Waals surface area contributed by atoms with Crippen molar-refractivity contribution in [1.82, 2.24) is 9.47 Å². The first-order chi connectivity index (χ1) is 15.3. The summed E-state index contributed by atoms with van der Waals surface area (Å²) in [4.78, 5) is 27.7. The molecule has 1 saturated heterocycles. The van der Waals surface area contributed by atoms with Crippen LogP contribution in [0.5, 0.6) is 0 Å². The van der Waals surface area contributed by atoms with Crippen LogP contribution in [0.2, 0.25) is 0 Å². The fourth-order valence-corrected chi connectivity index (χ4v) is 4.96. The number of rotatable bonds is 4. The molecule has 0 unspecified atom stereocenters. The highest BCUT2D eigenvalue weighted by molar-refractivity contribution is 7.99. The molecule has 0 aliphatic carbocycles. The summed E-state index contributed by atoms with van der Waals surface area (Å²) in [5.74, 6) is 1.45. The van der Waals surface area contributed by atoms with E-state index in [9.17, 15) is 14.0 Å². The van der Waals surface area contributed by atoms with Gasteiger partial charge >= 0.3 is 0 Å². The molecule has 1 aromatic heterocycles. The highest BCUT2D eigenvalue weighted by Gasteiger charge is 2.20. The van der Waals surface area contributed by atoms with Crippen molar-refractivity contribution in [2.75, 3.05) is 29.9 Å². The third-order valence-electron chi connectivity index (χ3n) is 5.78. The third kappa shape index (κ3) is 4.43. The summed E-state index contributed by atoms with van der Waals surface area (Å²) in [6, 6.07) is 13.4. The lowest BCUT2D eigenvalue weighted by Crippen LogP contribution is -2.37. The van der Waals surface area contributed by atoms with Crippen molar-refractivity contribution >= 4 is 29.3 Å². The second-order valence-electron chi connectivity index (χ2n) is 7.99. The molecule has 1 aliphatic heterocycles. The molecule has 0 radical (unpaired) electrons. The number of carbonyl (C=O) groups excluding carboxylic acids is 2. The molecular formula is C25H26FN3O2S. The van der Waals surface area contributed by atoms with Gasteiger partial charge in [-0.25, -0.2) is 4.39 Å². The van der Waals surface area contributed by atoms with Gasteiger partial charge in [0, 0.05) is 52.9 Å². The maximum absolute atomic E-state index is 13.3. The molecule has 0 saturated carbocycles. The summed E-state index contributed by atoms with van der Waals surface area (Å²) in [6.45, 7) is 7.21. The van der Waals surface area contributed by atoms with Gasteiger partial charge in [0.25, 0.3) is 11.8 Å². The van der Waals surface area contributed by atoms with Gasteiger partial charge in [-0.2, -0.15) is 11.8 Å². The second-order valence-corrected chi connectivity index (χ2v) is 9.21. The fraction of sp³-hybridized carbons (Fsp3) is 0.280. The zero-order valence-electron chi connectivity index (χ0n) is 18.4. The molecule has 3 aromatic rings. The Balaban J connectivity index is 1.53. The summed E-state index contributed by atoms with van der Waals surface area (Å²) >= 11 is 1.86. The van der Waals surface area contributed by atoms with Crippen molar-refractivity contribution in [3.05, 3.63) is 82.4 Å². The average Bonchev–Trinajstić information content (AvgIpc) is 3.10. The van der Waals surface area contributed by atoms with E-state index in [0.717, 1.165) is 47.2 Å². The van der Waals surface area contributed by atoms with E-state index in [1.807, 2.05) is 54.1 Å². The molecule has 1 N–H and O–H groups in total. The van der Waals surface area contributed by atoms with Crippen LogP contribution in [0.3, 0.4) is 0 Å². The molecule has 32 heavy (non-hydrogen) atoms. The SMILES string of the molecule is Cc1cc(C(=O)N2CCSCC2)ccc1NC(=O)c1cc(C)n(-c2ccc(F)cc2)c1C. The van der Waals surface area contributed by atoms with Gasteiger partial charge in [0.05, 0.1) is 5.56 Å². The van der Waals surface area contributed by atoms with E-state index in [-0.39, 0.29) is 17.6 Å². The van der Waals surface area contributed by atoms with Gasteiger partial charge in [-0.05, 0) is 74.9 Å². The Labute approximate surface area is 191 Å². The molecule has 1 fully saturated rings. The Morgan fingerprint density at radius 3 is 2.31 bits per heavy atom. The van der Waals surface area contributed by atoms with Crippen LogP contribution in [0.1, 0.15) is 37.7 Å². The maximum atomic E-state index is 13.3. The first-order valence-electron chi connectivity index (χ1n) is 10.6. The first-order valence-corrected chi connectivity index (χ1v) is 11.7. The average molecular weight is 452 g/mol. The molecule has 0 bridgehead atoms. The first kappa shape index (κ1) is 22.1. The smallest absolute Gasteiger partial charge is 0.257 e. The molecule has 7 heteroatoms. The summed E-state index contributed by atoms with van der Waals surface area (Å²) in [7, 11) is 0. The lowest BCUT2D eigenvalue weighted by atomic mass is 10.1. The number of benzene rings is 2. The van der Waals surface area contributed by atoms with Crippen molar-refractivity contribution in [1.29, 1.82) is 0 Å². The van der Waals surface area contributed by atoms with Gasteiger partial charge in [-0.15, -0.1) is 0 Å². The number of amides is 2. The van der Waals surface area contributed by atoms with E-state index in [4.69, 9.17) is 0 Å². The molecule has 5 nitrogen and oxygen atoms in total. The van der Waals surface area contributed by atoms with Crippen molar-refractivity contribution in [3.8, 4) is 5.69 Å². The molecule has 0 spiro atoms. The molecule has 1 aliphatic rings. The predicted molar refractivity (Wildman–Crippen MR) is 128 cm³/mol. The van der Waals surface area contributed by atoms with Crippen LogP contribution < -0.4 is 5.32 Å². The van der Waals surface area contributed by atoms with Crippen LogP contribution in [0, 0.1) is 26.6 Å². The van der Waals surface area contributed by atoms with E-state index in [1.165, 1.54) is 12.1 Å². The fourth-order valence-electron chi connectivity index (χ4n) is 4.06. The quantitative estimate of drug-likeness (QED) is 0.609. The highest BCUT2D eigenvalue weighted by Crippen LogP contribution is 2.24. The Bertz CT molecular complexity index is 1160. The van der Waals surface area contributed by atoms with E-state index in [1.54, 1.807) is 24.3 Å². The van der Waals surface area contributed by atoms with Gasteiger partial charge in [0.15, 0.2) is 0 Å². The van der Waals surface area contributed by atoms with Crippen LogP contribution in [-0.2, 0) is 0 Å². The third-order valence-corrected chi connectivity index (χ3v) is 6.72. The standard InChI is InChI=1S/C25H26FN3O2S/c1-16-14-19(25(31)28-10-12-32-13-11-28)4-9-23(16)27-24(30)22-15-17(2)29(18(22)3)21-7-5-20(26)6-8-21/h4-9,14-15H,10-13H2,1-3H3,(H,27,30). The number of hydrogen-bond donors (Lipinski definition) is 1. The Morgan fingerprint density at radius 1 is 0.969 bits per heavy atom. The van der Waals surface area contributed by atoms with Crippen LogP contribution in [0.15, 0.2) is 48.5 Å². The minimum Gasteiger partial charge on any atom is -0.337 e. The Kier molecular flexibility index (Phi) is 6.37. The number of aryl methyl sites for hydroxylation is 2. The van der Waals surface area contributed by atoms with Crippen LogP contribution >= 0.6 is 11.8 Å². The molecule has 4 rings (SSSR count). The second kappa shape index (κ2) is 9.20. The molecule has 2 aromatic carbocycles. The summed E-state index contributed by atoms with van der Waals surface area (Å²) < 4.78 is 15.2. The topological polar surface area (TPSA) is 54.3 Å². The van der Waals surface area contributed by atoms with Crippen molar-refractivity contribution in [3.63, 3.8) is 0 Å². The van der Waals surface area contributed by atoms with Gasteiger partial charge in [-0.1, -0.05) is 0 Å². The summed E-state index contributed by atoms with van der Waals surface area (Å²) in [6.07, 6.45) is 0. The molecule has 2 amide bonds. The normalized spacial score (nSPS) is 13.8. The van der Waals surface area contributed by atoms with Gasteiger partial charge < -0.3 is 14.8 Å². The van der Waals surface area contributed by atoms with Crippen molar-refractivity contribution in [2.24, 2.45) is 0 Å². The van der Waals surface area contributed by atoms with Crippen LogP contribution in [0.25, 0.3) is 5.69 Å². The van der Waals surface area contributed by atoms with E-state index >= 15 is 0 Å². The molecule has 0 atom stereocenters. The number of anilines is 1. The van der Waals surface area contributed by atoms with Gasteiger partial charge in [0.1, 0.15) is 5.82 Å². The minimum absolute atomic E-state index is 0.0362. The number of nitrogens with zero attached hydrogens (tertiary/aromatic N) is 2. The number of thioether (sulfide) groups is 1. The summed E-state index contributed by atoms with van der Waals surface area (Å²) in [5, 5.41) is 2.97. The number of carbonyl (C=O) groups is 2. The Hall–Kier alpha value is -3.06. The van der Waals surface area contributed by atoms with Crippen LogP contribution in [0.4, 0.5) is 10.1 Å². The minimum atomic E-state index is -0.300. The number of nitrogens with one attached hydrogen (secondary N) is 1.